The molecule has 1 atom stereocenters. The Morgan fingerprint density at radius 1 is 1.08 bits per heavy atom. The molecule has 1 fully saturated rings. The fraction of sp³-hybridized carbons (Fsp3) is 0.600. The number of rotatable bonds is 3. The van der Waals surface area contributed by atoms with Gasteiger partial charge in [-0.3, -0.25) is 14.5 Å². The second-order valence-corrected chi connectivity index (χ2v) is 7.25. The molecule has 136 valence electrons. The van der Waals surface area contributed by atoms with Gasteiger partial charge in [-0.25, -0.2) is 0 Å². The lowest BCUT2D eigenvalue weighted by Crippen LogP contribution is -2.55. The summed E-state index contributed by atoms with van der Waals surface area (Å²) >= 11 is 0. The predicted molar refractivity (Wildman–Crippen MR) is 98.2 cm³/mol. The Balaban J connectivity index is 1.84. The zero-order chi connectivity index (χ0) is 18.0. The number of benzene rings is 1. The van der Waals surface area contributed by atoms with Gasteiger partial charge in [-0.1, -0.05) is 31.2 Å². The number of carbonyl (C=O) groups excluding carboxylic acids is 2. The summed E-state index contributed by atoms with van der Waals surface area (Å²) in [5.41, 5.74) is 2.20. The second-order valence-electron chi connectivity index (χ2n) is 7.25. The van der Waals surface area contributed by atoms with Crippen molar-refractivity contribution in [3.63, 3.8) is 0 Å². The molecule has 0 bridgehead atoms. The summed E-state index contributed by atoms with van der Waals surface area (Å²) in [4.78, 5) is 31.9. The van der Waals surface area contributed by atoms with Gasteiger partial charge >= 0.3 is 0 Å². The molecule has 2 heterocycles. The normalized spacial score (nSPS) is 21.4. The molecule has 0 aromatic heterocycles. The Morgan fingerprint density at radius 3 is 2.40 bits per heavy atom. The second kappa shape index (κ2) is 7.56. The van der Waals surface area contributed by atoms with E-state index in [9.17, 15) is 9.59 Å². The molecular weight excluding hydrogens is 314 g/mol. The lowest BCUT2D eigenvalue weighted by Gasteiger charge is -2.42. The summed E-state index contributed by atoms with van der Waals surface area (Å²) < 4.78 is 0. The molecule has 2 aliphatic heterocycles. The van der Waals surface area contributed by atoms with Crippen molar-refractivity contribution in [1.82, 2.24) is 14.7 Å². The maximum absolute atomic E-state index is 13.3. The van der Waals surface area contributed by atoms with Gasteiger partial charge < -0.3 is 9.80 Å². The first-order valence-electron chi connectivity index (χ1n) is 9.43. The third kappa shape index (κ3) is 3.56. The van der Waals surface area contributed by atoms with Gasteiger partial charge in [-0.05, 0) is 31.4 Å². The Bertz CT molecular complexity index is 636. The average molecular weight is 343 g/mol. The van der Waals surface area contributed by atoms with Crippen LogP contribution in [0.3, 0.4) is 0 Å². The summed E-state index contributed by atoms with van der Waals surface area (Å²) in [6.45, 7) is 10.2. The quantitative estimate of drug-likeness (QED) is 0.844. The van der Waals surface area contributed by atoms with Gasteiger partial charge in [0.25, 0.3) is 0 Å². The molecule has 2 aliphatic rings. The highest BCUT2D eigenvalue weighted by Gasteiger charge is 2.38. The van der Waals surface area contributed by atoms with Crippen LogP contribution < -0.4 is 0 Å². The van der Waals surface area contributed by atoms with E-state index < -0.39 is 6.04 Å². The standard InChI is InChI=1S/C20H29N3O2/c1-4-18(24)23-10-9-16-7-5-6-8-17(16)19(23)20(25)22-13-11-21(12-14-22)15(2)3/h5-8,15,19H,4,9-14H2,1-3H3/t19-/m1/s1. The maximum Gasteiger partial charge on any atom is 0.250 e. The van der Waals surface area contributed by atoms with Crippen molar-refractivity contribution in [3.05, 3.63) is 35.4 Å². The molecule has 0 aliphatic carbocycles. The Morgan fingerprint density at radius 2 is 1.76 bits per heavy atom. The van der Waals surface area contributed by atoms with Crippen LogP contribution in [0.2, 0.25) is 0 Å². The Labute approximate surface area is 150 Å². The molecule has 0 N–H and O–H groups in total. The minimum atomic E-state index is -0.456. The summed E-state index contributed by atoms with van der Waals surface area (Å²) in [6.07, 6.45) is 1.26. The summed E-state index contributed by atoms with van der Waals surface area (Å²) in [6, 6.07) is 8.13. The number of carbonyl (C=O) groups is 2. The van der Waals surface area contributed by atoms with E-state index in [-0.39, 0.29) is 11.8 Å². The molecule has 25 heavy (non-hydrogen) atoms. The third-order valence-electron chi connectivity index (χ3n) is 5.50. The molecule has 5 nitrogen and oxygen atoms in total. The molecule has 1 aromatic carbocycles. The topological polar surface area (TPSA) is 43.9 Å². The van der Waals surface area contributed by atoms with Crippen molar-refractivity contribution in [1.29, 1.82) is 0 Å². The number of piperazine rings is 1. The fourth-order valence-corrected chi connectivity index (χ4v) is 3.94. The van der Waals surface area contributed by atoms with E-state index in [2.05, 4.69) is 24.8 Å². The van der Waals surface area contributed by atoms with Crippen LogP contribution in [0.1, 0.15) is 44.4 Å². The number of fused-ring (bicyclic) bond motifs is 1. The molecule has 0 saturated carbocycles. The number of hydrogen-bond acceptors (Lipinski definition) is 3. The highest BCUT2D eigenvalue weighted by Crippen LogP contribution is 2.32. The van der Waals surface area contributed by atoms with Crippen molar-refractivity contribution in [2.45, 2.75) is 45.7 Å². The minimum absolute atomic E-state index is 0.0636. The summed E-state index contributed by atoms with van der Waals surface area (Å²) in [7, 11) is 0. The van der Waals surface area contributed by atoms with Crippen LogP contribution in [0.5, 0.6) is 0 Å². The average Bonchev–Trinajstić information content (AvgIpc) is 2.66. The molecule has 0 unspecified atom stereocenters. The van der Waals surface area contributed by atoms with Crippen LogP contribution in [-0.4, -0.2) is 65.3 Å². The SMILES string of the molecule is CCC(=O)N1CCc2ccccc2[C@@H]1C(=O)N1CCN(C(C)C)CC1. The molecule has 2 amide bonds. The van der Waals surface area contributed by atoms with Gasteiger partial charge in [0.1, 0.15) is 6.04 Å². The Hall–Kier alpha value is -1.88. The maximum atomic E-state index is 13.3. The monoisotopic (exact) mass is 343 g/mol. The van der Waals surface area contributed by atoms with Crippen LogP contribution in [0.25, 0.3) is 0 Å². The minimum Gasteiger partial charge on any atom is -0.338 e. The highest BCUT2D eigenvalue weighted by molar-refractivity contribution is 5.89. The van der Waals surface area contributed by atoms with Gasteiger partial charge in [0, 0.05) is 45.2 Å². The number of nitrogens with zero attached hydrogens (tertiary/aromatic N) is 3. The van der Waals surface area contributed by atoms with Crippen molar-refractivity contribution in [3.8, 4) is 0 Å². The van der Waals surface area contributed by atoms with E-state index in [1.807, 2.05) is 30.0 Å². The third-order valence-corrected chi connectivity index (χ3v) is 5.50. The molecule has 0 radical (unpaired) electrons. The van der Waals surface area contributed by atoms with E-state index >= 15 is 0 Å². The van der Waals surface area contributed by atoms with Crippen molar-refractivity contribution < 1.29 is 9.59 Å². The molecule has 1 aromatic rings. The predicted octanol–water partition coefficient (Wildman–Crippen LogP) is 2.08. The van der Waals surface area contributed by atoms with Crippen LogP contribution in [0.15, 0.2) is 24.3 Å². The van der Waals surface area contributed by atoms with E-state index in [4.69, 9.17) is 0 Å². The molecule has 3 rings (SSSR count). The lowest BCUT2D eigenvalue weighted by atomic mass is 9.91. The first-order chi connectivity index (χ1) is 12.0. The van der Waals surface area contributed by atoms with E-state index in [0.29, 0.717) is 19.0 Å². The number of hydrogen-bond donors (Lipinski definition) is 0. The first-order valence-corrected chi connectivity index (χ1v) is 9.43. The van der Waals surface area contributed by atoms with Crippen molar-refractivity contribution in [2.75, 3.05) is 32.7 Å². The molecule has 1 saturated heterocycles. The van der Waals surface area contributed by atoms with Crippen LogP contribution in [0.4, 0.5) is 0 Å². The lowest BCUT2D eigenvalue weighted by molar-refractivity contribution is -0.148. The fourth-order valence-electron chi connectivity index (χ4n) is 3.94. The van der Waals surface area contributed by atoms with Crippen molar-refractivity contribution >= 4 is 11.8 Å². The van der Waals surface area contributed by atoms with E-state index in [1.54, 1.807) is 4.90 Å². The Kier molecular flexibility index (Phi) is 5.42. The van der Waals surface area contributed by atoms with Gasteiger partial charge in [-0.2, -0.15) is 0 Å². The highest BCUT2D eigenvalue weighted by atomic mass is 16.2. The first kappa shape index (κ1) is 17.9. The van der Waals surface area contributed by atoms with Gasteiger partial charge in [0.05, 0.1) is 0 Å². The number of amides is 2. The van der Waals surface area contributed by atoms with Gasteiger partial charge in [0.15, 0.2) is 0 Å². The van der Waals surface area contributed by atoms with Crippen LogP contribution >= 0.6 is 0 Å². The molecular formula is C20H29N3O2. The summed E-state index contributed by atoms with van der Waals surface area (Å²) in [5, 5.41) is 0. The summed E-state index contributed by atoms with van der Waals surface area (Å²) in [5.74, 6) is 0.144. The zero-order valence-electron chi connectivity index (χ0n) is 15.6. The van der Waals surface area contributed by atoms with Crippen molar-refractivity contribution in [2.24, 2.45) is 0 Å². The zero-order valence-corrected chi connectivity index (χ0v) is 15.6. The molecule has 5 heteroatoms. The largest absolute Gasteiger partial charge is 0.338 e. The van der Waals surface area contributed by atoms with Crippen LogP contribution in [0, 0.1) is 0 Å². The van der Waals surface area contributed by atoms with Gasteiger partial charge in [0.2, 0.25) is 11.8 Å². The van der Waals surface area contributed by atoms with Crippen LogP contribution in [-0.2, 0) is 16.0 Å². The van der Waals surface area contributed by atoms with Gasteiger partial charge in [-0.15, -0.1) is 0 Å². The molecule has 0 spiro atoms. The smallest absolute Gasteiger partial charge is 0.250 e. The van der Waals surface area contributed by atoms with E-state index in [1.165, 1.54) is 5.56 Å². The van der Waals surface area contributed by atoms with E-state index in [0.717, 1.165) is 38.2 Å².